The van der Waals surface area contributed by atoms with Gasteiger partial charge in [0.05, 0.1) is 0 Å². The number of aromatic nitrogens is 1. The first-order valence-corrected chi connectivity index (χ1v) is 6.63. The van der Waals surface area contributed by atoms with Gasteiger partial charge in [0, 0.05) is 18.7 Å². The molecule has 1 aliphatic heterocycles. The monoisotopic (exact) mass is 289 g/mol. The Morgan fingerprint density at radius 3 is 2.55 bits per heavy atom. The van der Waals surface area contributed by atoms with Crippen molar-refractivity contribution in [2.24, 2.45) is 5.73 Å². The van der Waals surface area contributed by atoms with Crippen LogP contribution in [-0.4, -0.2) is 36.1 Å². The predicted molar refractivity (Wildman–Crippen MR) is 68.3 cm³/mol. The Morgan fingerprint density at radius 1 is 1.25 bits per heavy atom. The van der Waals surface area contributed by atoms with E-state index in [-0.39, 0.29) is 12.4 Å². The van der Waals surface area contributed by atoms with Gasteiger partial charge in [-0.3, -0.25) is 4.90 Å². The molecule has 2 rings (SSSR count). The highest BCUT2D eigenvalue weighted by atomic mass is 19.4. The molecular formula is C13H18F3N3O. The van der Waals surface area contributed by atoms with Gasteiger partial charge in [-0.15, -0.1) is 0 Å². The number of likely N-dealkylation sites (tertiary alicyclic amines) is 1. The van der Waals surface area contributed by atoms with Gasteiger partial charge in [-0.1, -0.05) is 6.07 Å². The van der Waals surface area contributed by atoms with E-state index in [9.17, 15) is 13.2 Å². The maximum Gasteiger partial charge on any atom is 0.433 e. The first kappa shape index (κ1) is 15.1. The zero-order chi connectivity index (χ0) is 14.6. The number of pyridine rings is 1. The molecule has 1 aliphatic rings. The van der Waals surface area contributed by atoms with Crippen LogP contribution in [0, 0.1) is 0 Å². The lowest BCUT2D eigenvalue weighted by atomic mass is 10.2. The molecule has 1 aromatic rings. The third kappa shape index (κ3) is 3.83. The van der Waals surface area contributed by atoms with Gasteiger partial charge in [0.2, 0.25) is 5.88 Å². The summed E-state index contributed by atoms with van der Waals surface area (Å²) >= 11 is 0. The summed E-state index contributed by atoms with van der Waals surface area (Å²) in [6, 6.07) is 2.25. The number of rotatable bonds is 5. The molecule has 0 aromatic carbocycles. The van der Waals surface area contributed by atoms with Crippen LogP contribution in [0.3, 0.4) is 0 Å². The Balaban J connectivity index is 2.00. The smallest absolute Gasteiger partial charge is 0.433 e. The molecule has 2 heterocycles. The van der Waals surface area contributed by atoms with Crippen LogP contribution in [0.5, 0.6) is 5.88 Å². The SMILES string of the molecule is NCc1ccc(C(F)(F)F)nc1OCCN1CCCC1. The molecule has 0 atom stereocenters. The summed E-state index contributed by atoms with van der Waals surface area (Å²) in [6.45, 7) is 3.15. The van der Waals surface area contributed by atoms with Crippen molar-refractivity contribution in [3.63, 3.8) is 0 Å². The van der Waals surface area contributed by atoms with E-state index in [2.05, 4.69) is 9.88 Å². The van der Waals surface area contributed by atoms with Crippen LogP contribution in [0.1, 0.15) is 24.1 Å². The molecule has 1 aromatic heterocycles. The lowest BCUT2D eigenvalue weighted by Gasteiger charge is -2.16. The molecule has 0 saturated carbocycles. The van der Waals surface area contributed by atoms with Gasteiger partial charge < -0.3 is 10.5 Å². The van der Waals surface area contributed by atoms with Crippen molar-refractivity contribution >= 4 is 0 Å². The highest BCUT2D eigenvalue weighted by Crippen LogP contribution is 2.30. The summed E-state index contributed by atoms with van der Waals surface area (Å²) in [4.78, 5) is 5.75. The fourth-order valence-corrected chi connectivity index (χ4v) is 2.19. The second-order valence-corrected chi connectivity index (χ2v) is 4.76. The minimum Gasteiger partial charge on any atom is -0.476 e. The normalized spacial score (nSPS) is 16.6. The number of nitrogens with two attached hydrogens (primary N) is 1. The van der Waals surface area contributed by atoms with Crippen LogP contribution in [0.2, 0.25) is 0 Å². The molecule has 0 amide bonds. The van der Waals surface area contributed by atoms with E-state index in [0.717, 1.165) is 32.0 Å². The Hall–Kier alpha value is -1.34. The molecule has 20 heavy (non-hydrogen) atoms. The third-order valence-corrected chi connectivity index (χ3v) is 3.29. The number of halogens is 3. The fraction of sp³-hybridized carbons (Fsp3) is 0.615. The van der Waals surface area contributed by atoms with Crippen molar-refractivity contribution in [2.45, 2.75) is 25.6 Å². The molecule has 112 valence electrons. The van der Waals surface area contributed by atoms with Gasteiger partial charge in [0.15, 0.2) is 0 Å². The van der Waals surface area contributed by atoms with Gasteiger partial charge in [-0.05, 0) is 32.0 Å². The first-order valence-electron chi connectivity index (χ1n) is 6.63. The predicted octanol–water partition coefficient (Wildman–Crippen LogP) is 2.03. The maximum atomic E-state index is 12.6. The largest absolute Gasteiger partial charge is 0.476 e. The van der Waals surface area contributed by atoms with Crippen LogP contribution >= 0.6 is 0 Å². The molecule has 0 aliphatic carbocycles. The Bertz CT molecular complexity index is 445. The topological polar surface area (TPSA) is 51.4 Å². The van der Waals surface area contributed by atoms with Crippen LogP contribution in [0.15, 0.2) is 12.1 Å². The van der Waals surface area contributed by atoms with E-state index < -0.39 is 11.9 Å². The highest BCUT2D eigenvalue weighted by molar-refractivity contribution is 5.29. The second-order valence-electron chi connectivity index (χ2n) is 4.76. The lowest BCUT2D eigenvalue weighted by molar-refractivity contribution is -0.141. The van der Waals surface area contributed by atoms with Crippen LogP contribution in [0.4, 0.5) is 13.2 Å². The Labute approximate surface area is 115 Å². The molecular weight excluding hydrogens is 271 g/mol. The first-order chi connectivity index (χ1) is 9.50. The highest BCUT2D eigenvalue weighted by Gasteiger charge is 2.33. The number of nitrogens with zero attached hydrogens (tertiary/aromatic N) is 2. The number of alkyl halides is 3. The fourth-order valence-electron chi connectivity index (χ4n) is 2.19. The molecule has 0 radical (unpaired) electrons. The summed E-state index contributed by atoms with van der Waals surface area (Å²) in [5, 5.41) is 0. The molecule has 4 nitrogen and oxygen atoms in total. The van der Waals surface area contributed by atoms with E-state index in [1.165, 1.54) is 6.07 Å². The molecule has 0 spiro atoms. The number of hydrogen-bond donors (Lipinski definition) is 1. The van der Waals surface area contributed by atoms with Gasteiger partial charge in [-0.2, -0.15) is 13.2 Å². The second kappa shape index (κ2) is 6.41. The summed E-state index contributed by atoms with van der Waals surface area (Å²) < 4.78 is 43.2. The quantitative estimate of drug-likeness (QED) is 0.901. The van der Waals surface area contributed by atoms with E-state index in [0.29, 0.717) is 18.7 Å². The van der Waals surface area contributed by atoms with Crippen LogP contribution < -0.4 is 10.5 Å². The van der Waals surface area contributed by atoms with Crippen molar-refractivity contribution in [1.29, 1.82) is 0 Å². The summed E-state index contributed by atoms with van der Waals surface area (Å²) in [7, 11) is 0. The van der Waals surface area contributed by atoms with Crippen molar-refractivity contribution in [3.05, 3.63) is 23.4 Å². The van der Waals surface area contributed by atoms with E-state index in [1.54, 1.807) is 0 Å². The van der Waals surface area contributed by atoms with Gasteiger partial charge in [-0.25, -0.2) is 4.98 Å². The summed E-state index contributed by atoms with van der Waals surface area (Å²) in [6.07, 6.45) is -2.15. The van der Waals surface area contributed by atoms with Crippen molar-refractivity contribution in [1.82, 2.24) is 9.88 Å². The Kier molecular flexibility index (Phi) is 4.82. The molecule has 7 heteroatoms. The lowest BCUT2D eigenvalue weighted by Crippen LogP contribution is -2.25. The van der Waals surface area contributed by atoms with Gasteiger partial charge in [0.25, 0.3) is 0 Å². The standard InChI is InChI=1S/C13H18F3N3O/c14-13(15,16)11-4-3-10(9-17)12(18-11)20-8-7-19-5-1-2-6-19/h3-4H,1-2,5-9,17H2. The van der Waals surface area contributed by atoms with Crippen molar-refractivity contribution in [3.8, 4) is 5.88 Å². The average molecular weight is 289 g/mol. The van der Waals surface area contributed by atoms with E-state index in [4.69, 9.17) is 10.5 Å². The van der Waals surface area contributed by atoms with Gasteiger partial charge in [0.1, 0.15) is 12.3 Å². The molecule has 2 N–H and O–H groups in total. The molecule has 1 saturated heterocycles. The van der Waals surface area contributed by atoms with E-state index >= 15 is 0 Å². The minimum absolute atomic E-state index is 0.0125. The van der Waals surface area contributed by atoms with Crippen molar-refractivity contribution in [2.75, 3.05) is 26.2 Å². The van der Waals surface area contributed by atoms with Crippen molar-refractivity contribution < 1.29 is 17.9 Å². The van der Waals surface area contributed by atoms with Crippen LogP contribution in [-0.2, 0) is 12.7 Å². The molecule has 0 unspecified atom stereocenters. The zero-order valence-corrected chi connectivity index (χ0v) is 11.1. The average Bonchev–Trinajstić information content (AvgIpc) is 2.90. The number of ether oxygens (including phenoxy) is 1. The maximum absolute atomic E-state index is 12.6. The summed E-state index contributed by atoms with van der Waals surface area (Å²) in [5.74, 6) is -0.0125. The number of hydrogen-bond acceptors (Lipinski definition) is 4. The Morgan fingerprint density at radius 2 is 1.95 bits per heavy atom. The van der Waals surface area contributed by atoms with Crippen LogP contribution in [0.25, 0.3) is 0 Å². The molecule has 0 bridgehead atoms. The van der Waals surface area contributed by atoms with Gasteiger partial charge >= 0.3 is 6.18 Å². The minimum atomic E-state index is -4.47. The molecule has 1 fully saturated rings. The third-order valence-electron chi connectivity index (χ3n) is 3.29. The zero-order valence-electron chi connectivity index (χ0n) is 11.1. The summed E-state index contributed by atoms with van der Waals surface area (Å²) in [5.41, 5.74) is 5.02. The van der Waals surface area contributed by atoms with E-state index in [1.807, 2.05) is 0 Å².